The van der Waals surface area contributed by atoms with E-state index in [9.17, 15) is 14.5 Å². The van der Waals surface area contributed by atoms with Crippen molar-refractivity contribution in [1.29, 1.82) is 0 Å². The normalized spacial score (nSPS) is 10.5. The molecule has 0 fully saturated rings. The lowest BCUT2D eigenvalue weighted by Gasteiger charge is -2.10. The Kier molecular flexibility index (Phi) is 4.80. The van der Waals surface area contributed by atoms with Gasteiger partial charge in [0.15, 0.2) is 0 Å². The molecule has 2 rings (SSSR count). The number of rotatable bonds is 4. The van der Waals surface area contributed by atoms with Gasteiger partial charge in [-0.25, -0.2) is 4.39 Å². The van der Waals surface area contributed by atoms with Crippen LogP contribution in [0.25, 0.3) is 0 Å². The molecule has 1 N–H and O–H groups in total. The Bertz CT molecular complexity index is 710. The number of hydrogen-bond acceptors (Lipinski definition) is 3. The zero-order valence-corrected chi connectivity index (χ0v) is 13.3. The quantitative estimate of drug-likeness (QED) is 0.601. The molecule has 0 bridgehead atoms. The fraction of sp³-hybridized carbons (Fsp3) is 0.143. The second-order valence-corrected chi connectivity index (χ2v) is 5.76. The van der Waals surface area contributed by atoms with Gasteiger partial charge in [0, 0.05) is 33.2 Å². The van der Waals surface area contributed by atoms with Crippen molar-refractivity contribution in [2.75, 3.05) is 5.32 Å². The van der Waals surface area contributed by atoms with Gasteiger partial charge in [0.05, 0.1) is 10.6 Å². The van der Waals surface area contributed by atoms with Gasteiger partial charge in [0.25, 0.3) is 5.69 Å². The molecule has 0 aliphatic carbocycles. The summed E-state index contributed by atoms with van der Waals surface area (Å²) in [6, 6.07) is 7.46. The molecule has 7 heteroatoms. The molecule has 0 aromatic heterocycles. The summed E-state index contributed by atoms with van der Waals surface area (Å²) in [7, 11) is 0. The van der Waals surface area contributed by atoms with E-state index in [4.69, 9.17) is 11.6 Å². The maximum absolute atomic E-state index is 13.7. The number of nitrogens with one attached hydrogen (secondary N) is 1. The minimum atomic E-state index is -0.449. The zero-order valence-electron chi connectivity index (χ0n) is 11.0. The Morgan fingerprint density at radius 2 is 2.10 bits per heavy atom. The average Bonchev–Trinajstić information content (AvgIpc) is 2.39. The molecule has 0 atom stereocenters. The van der Waals surface area contributed by atoms with E-state index in [2.05, 4.69) is 21.2 Å². The van der Waals surface area contributed by atoms with Crippen LogP contribution in [0.3, 0.4) is 0 Å². The van der Waals surface area contributed by atoms with Crippen molar-refractivity contribution in [3.63, 3.8) is 0 Å². The van der Waals surface area contributed by atoms with Gasteiger partial charge in [-0.1, -0.05) is 17.7 Å². The molecule has 110 valence electrons. The SMILES string of the molecule is Cc1cc(Br)c(NCc2ccc(Cl)cc2F)cc1[N+](=O)[O-]. The van der Waals surface area contributed by atoms with E-state index in [1.807, 2.05) is 0 Å². The zero-order chi connectivity index (χ0) is 15.6. The second kappa shape index (κ2) is 6.41. The summed E-state index contributed by atoms with van der Waals surface area (Å²) >= 11 is 9.02. The highest BCUT2D eigenvalue weighted by Gasteiger charge is 2.14. The van der Waals surface area contributed by atoms with Crippen molar-refractivity contribution in [2.24, 2.45) is 0 Å². The summed E-state index contributed by atoms with van der Waals surface area (Å²) in [6.45, 7) is 1.85. The van der Waals surface area contributed by atoms with Crippen LogP contribution >= 0.6 is 27.5 Å². The topological polar surface area (TPSA) is 55.2 Å². The van der Waals surface area contributed by atoms with Gasteiger partial charge < -0.3 is 5.32 Å². The highest BCUT2D eigenvalue weighted by molar-refractivity contribution is 9.10. The smallest absolute Gasteiger partial charge is 0.274 e. The Hall–Kier alpha value is -1.66. The van der Waals surface area contributed by atoms with E-state index >= 15 is 0 Å². The molecule has 0 heterocycles. The van der Waals surface area contributed by atoms with Crippen LogP contribution in [0, 0.1) is 22.9 Å². The molecule has 4 nitrogen and oxygen atoms in total. The Balaban J connectivity index is 2.23. The van der Waals surface area contributed by atoms with Crippen molar-refractivity contribution < 1.29 is 9.31 Å². The predicted octanol–water partition coefficient (Wildman–Crippen LogP) is 5.07. The molecular formula is C14H11BrClFN2O2. The average molecular weight is 374 g/mol. The molecule has 0 unspecified atom stereocenters. The van der Waals surface area contributed by atoms with Crippen molar-refractivity contribution in [3.05, 3.63) is 66.9 Å². The molecule has 0 aliphatic rings. The number of nitro benzene ring substituents is 1. The predicted molar refractivity (Wildman–Crippen MR) is 84.3 cm³/mol. The van der Waals surface area contributed by atoms with E-state index in [1.165, 1.54) is 12.1 Å². The van der Waals surface area contributed by atoms with Crippen LogP contribution in [-0.4, -0.2) is 4.92 Å². The summed E-state index contributed by atoms with van der Waals surface area (Å²) in [4.78, 5) is 10.5. The maximum atomic E-state index is 13.7. The molecule has 21 heavy (non-hydrogen) atoms. The fourth-order valence-electron chi connectivity index (χ4n) is 1.85. The first-order chi connectivity index (χ1) is 9.88. The molecule has 0 spiro atoms. The second-order valence-electron chi connectivity index (χ2n) is 4.46. The van der Waals surface area contributed by atoms with Gasteiger partial charge in [-0.2, -0.15) is 0 Å². The van der Waals surface area contributed by atoms with Gasteiger partial charge in [-0.15, -0.1) is 0 Å². The molecule has 2 aromatic rings. The monoisotopic (exact) mass is 372 g/mol. The summed E-state index contributed by atoms with van der Waals surface area (Å²) in [5, 5.41) is 14.2. The Labute approximate surface area is 134 Å². The first-order valence-electron chi connectivity index (χ1n) is 6.01. The van der Waals surface area contributed by atoms with Crippen molar-refractivity contribution in [3.8, 4) is 0 Å². The number of nitro groups is 1. The van der Waals surface area contributed by atoms with Crippen LogP contribution in [0.5, 0.6) is 0 Å². The van der Waals surface area contributed by atoms with Gasteiger partial charge in [-0.05, 0) is 41.1 Å². The highest BCUT2D eigenvalue weighted by Crippen LogP contribution is 2.31. The lowest BCUT2D eigenvalue weighted by molar-refractivity contribution is -0.385. The minimum absolute atomic E-state index is 0.0114. The molecular weight excluding hydrogens is 363 g/mol. The first-order valence-corrected chi connectivity index (χ1v) is 7.18. The number of aryl methyl sites for hydroxylation is 1. The number of nitrogens with zero attached hydrogens (tertiary/aromatic N) is 1. The van der Waals surface area contributed by atoms with Gasteiger partial charge >= 0.3 is 0 Å². The van der Waals surface area contributed by atoms with Crippen molar-refractivity contribution in [2.45, 2.75) is 13.5 Å². The van der Waals surface area contributed by atoms with Gasteiger partial charge in [0.1, 0.15) is 5.82 Å². The van der Waals surface area contributed by atoms with Crippen molar-refractivity contribution in [1.82, 2.24) is 0 Å². The van der Waals surface area contributed by atoms with Crippen LogP contribution < -0.4 is 5.32 Å². The summed E-state index contributed by atoms with van der Waals surface area (Å²) < 4.78 is 14.4. The number of anilines is 1. The lowest BCUT2D eigenvalue weighted by Crippen LogP contribution is -2.03. The highest BCUT2D eigenvalue weighted by atomic mass is 79.9. The lowest BCUT2D eigenvalue weighted by atomic mass is 10.1. The largest absolute Gasteiger partial charge is 0.380 e. The summed E-state index contributed by atoms with van der Waals surface area (Å²) in [5.74, 6) is -0.423. The van der Waals surface area contributed by atoms with Crippen LogP contribution in [0.2, 0.25) is 5.02 Å². The molecule has 0 saturated carbocycles. The maximum Gasteiger partial charge on any atom is 0.274 e. The van der Waals surface area contributed by atoms with Crippen LogP contribution in [0.15, 0.2) is 34.8 Å². The van der Waals surface area contributed by atoms with Crippen molar-refractivity contribution >= 4 is 38.9 Å². The van der Waals surface area contributed by atoms with Crippen LogP contribution in [0.4, 0.5) is 15.8 Å². The molecule has 0 saturated heterocycles. The van der Waals surface area contributed by atoms with Crippen LogP contribution in [-0.2, 0) is 6.54 Å². The molecule has 2 aromatic carbocycles. The summed E-state index contributed by atoms with van der Waals surface area (Å²) in [6.07, 6.45) is 0. The van der Waals surface area contributed by atoms with Gasteiger partial charge in [-0.3, -0.25) is 10.1 Å². The Morgan fingerprint density at radius 1 is 1.38 bits per heavy atom. The van der Waals surface area contributed by atoms with Crippen LogP contribution in [0.1, 0.15) is 11.1 Å². The van der Waals surface area contributed by atoms with E-state index < -0.39 is 10.7 Å². The number of halogens is 3. The van der Waals surface area contributed by atoms with E-state index in [0.717, 1.165) is 0 Å². The number of hydrogen-bond donors (Lipinski definition) is 1. The molecule has 0 radical (unpaired) electrons. The third-order valence-corrected chi connectivity index (χ3v) is 3.86. The third kappa shape index (κ3) is 3.71. The van der Waals surface area contributed by atoms with E-state index in [0.29, 0.717) is 26.3 Å². The Morgan fingerprint density at radius 3 is 2.71 bits per heavy atom. The van der Waals surface area contributed by atoms with Gasteiger partial charge in [0.2, 0.25) is 0 Å². The molecule has 0 aliphatic heterocycles. The fourth-order valence-corrected chi connectivity index (χ4v) is 2.61. The summed E-state index contributed by atoms with van der Waals surface area (Å²) in [5.41, 5.74) is 1.52. The minimum Gasteiger partial charge on any atom is -0.380 e. The first kappa shape index (κ1) is 15.7. The number of benzene rings is 2. The van der Waals surface area contributed by atoms with E-state index in [1.54, 1.807) is 25.1 Å². The standard InChI is InChI=1S/C14H11BrClFN2O2/c1-8-4-11(15)13(6-14(8)19(20)21)18-7-9-2-3-10(16)5-12(9)17/h2-6,18H,7H2,1H3. The third-order valence-electron chi connectivity index (χ3n) is 2.97. The molecule has 0 amide bonds. The van der Waals surface area contributed by atoms with E-state index in [-0.39, 0.29) is 12.2 Å².